The van der Waals surface area contributed by atoms with Gasteiger partial charge in [-0.2, -0.15) is 5.10 Å². The van der Waals surface area contributed by atoms with E-state index >= 15 is 0 Å². The van der Waals surface area contributed by atoms with Crippen molar-refractivity contribution < 1.29 is 0 Å². The zero-order chi connectivity index (χ0) is 13.7. The number of nitrogens with one attached hydrogen (secondary N) is 1. The van der Waals surface area contributed by atoms with Gasteiger partial charge in [-0.3, -0.25) is 4.68 Å². The fourth-order valence-electron chi connectivity index (χ4n) is 2.04. The quantitative estimate of drug-likeness (QED) is 0.833. The number of hydrogen-bond donors (Lipinski definition) is 1. The highest BCUT2D eigenvalue weighted by Crippen LogP contribution is 2.23. The first-order valence-electron chi connectivity index (χ1n) is 6.51. The zero-order valence-electron chi connectivity index (χ0n) is 12.1. The Morgan fingerprint density at radius 3 is 2.56 bits per heavy atom. The molecule has 1 aromatic rings. The summed E-state index contributed by atoms with van der Waals surface area (Å²) in [6.45, 7) is 3.24. The predicted octanol–water partition coefficient (Wildman–Crippen LogP) is 1.83. The molecule has 104 valence electrons. The number of aromatic nitrogens is 2. The largest absolute Gasteiger partial charge is 0.317 e. The normalized spacial score (nSPS) is 13.3. The maximum absolute atomic E-state index is 4.54. The van der Waals surface area contributed by atoms with Crippen LogP contribution >= 0.6 is 15.9 Å². The van der Waals surface area contributed by atoms with Gasteiger partial charge in [0.2, 0.25) is 0 Å². The lowest BCUT2D eigenvalue weighted by Crippen LogP contribution is -2.32. The van der Waals surface area contributed by atoms with Crippen molar-refractivity contribution in [1.29, 1.82) is 0 Å². The molecule has 0 aliphatic rings. The molecule has 1 aromatic heterocycles. The van der Waals surface area contributed by atoms with Crippen LogP contribution < -0.4 is 5.32 Å². The van der Waals surface area contributed by atoms with Crippen molar-refractivity contribution in [2.45, 2.75) is 32.2 Å². The fourth-order valence-corrected chi connectivity index (χ4v) is 2.82. The molecule has 1 N–H and O–H groups in total. The van der Waals surface area contributed by atoms with Gasteiger partial charge in [-0.1, -0.05) is 6.92 Å². The molecule has 18 heavy (non-hydrogen) atoms. The standard InChI is InChI=1S/C13H25BrN4/c1-6-11-13(14)12(18(5)16-11)9-10(15-2)7-8-17(3)4/h10,15H,6-9H2,1-5H3. The summed E-state index contributed by atoms with van der Waals surface area (Å²) in [5.74, 6) is 0. The maximum Gasteiger partial charge on any atom is 0.0766 e. The second-order valence-corrected chi connectivity index (χ2v) is 5.76. The lowest BCUT2D eigenvalue weighted by atomic mass is 10.1. The summed E-state index contributed by atoms with van der Waals surface area (Å²) in [6, 6.07) is 0.490. The highest BCUT2D eigenvalue weighted by atomic mass is 79.9. The van der Waals surface area contributed by atoms with Gasteiger partial charge in [-0.15, -0.1) is 0 Å². The van der Waals surface area contributed by atoms with Gasteiger partial charge in [0.1, 0.15) is 0 Å². The highest BCUT2D eigenvalue weighted by Gasteiger charge is 2.16. The summed E-state index contributed by atoms with van der Waals surface area (Å²) in [4.78, 5) is 2.22. The van der Waals surface area contributed by atoms with Gasteiger partial charge in [-0.25, -0.2) is 0 Å². The predicted molar refractivity (Wildman–Crippen MR) is 80.0 cm³/mol. The SMILES string of the molecule is CCc1nn(C)c(CC(CCN(C)C)NC)c1Br. The molecule has 0 spiro atoms. The van der Waals surface area contributed by atoms with E-state index in [1.165, 1.54) is 10.2 Å². The van der Waals surface area contributed by atoms with Gasteiger partial charge in [-0.05, 0) is 56.5 Å². The summed E-state index contributed by atoms with van der Waals surface area (Å²) >= 11 is 3.68. The molecule has 1 heterocycles. The average molecular weight is 317 g/mol. The monoisotopic (exact) mass is 316 g/mol. The van der Waals surface area contributed by atoms with Gasteiger partial charge in [0, 0.05) is 19.5 Å². The lowest BCUT2D eigenvalue weighted by Gasteiger charge is -2.19. The molecule has 0 saturated carbocycles. The van der Waals surface area contributed by atoms with Crippen LogP contribution in [0.25, 0.3) is 0 Å². The molecule has 0 radical (unpaired) electrons. The molecule has 1 atom stereocenters. The average Bonchev–Trinajstić information content (AvgIpc) is 2.60. The van der Waals surface area contributed by atoms with E-state index in [-0.39, 0.29) is 0 Å². The summed E-state index contributed by atoms with van der Waals surface area (Å²) in [7, 11) is 8.28. The number of likely N-dealkylation sites (N-methyl/N-ethyl adjacent to an activating group) is 1. The van der Waals surface area contributed by atoms with Crippen molar-refractivity contribution in [3.63, 3.8) is 0 Å². The number of hydrogen-bond acceptors (Lipinski definition) is 3. The van der Waals surface area contributed by atoms with Crippen LogP contribution in [0.3, 0.4) is 0 Å². The van der Waals surface area contributed by atoms with E-state index in [1.54, 1.807) is 0 Å². The summed E-state index contributed by atoms with van der Waals surface area (Å²) in [6.07, 6.45) is 3.12. The minimum absolute atomic E-state index is 0.490. The molecule has 4 nitrogen and oxygen atoms in total. The van der Waals surface area contributed by atoms with Crippen LogP contribution in [0.5, 0.6) is 0 Å². The topological polar surface area (TPSA) is 33.1 Å². The van der Waals surface area contributed by atoms with Crippen molar-refractivity contribution in [2.24, 2.45) is 7.05 Å². The summed E-state index contributed by atoms with van der Waals surface area (Å²) in [5, 5.41) is 7.94. The van der Waals surface area contributed by atoms with Crippen LogP contribution in [0.1, 0.15) is 24.7 Å². The van der Waals surface area contributed by atoms with Crippen molar-refractivity contribution in [3.05, 3.63) is 15.9 Å². The Bertz CT molecular complexity index is 373. The first-order chi connectivity index (χ1) is 8.49. The van der Waals surface area contributed by atoms with E-state index in [0.29, 0.717) is 6.04 Å². The first kappa shape index (κ1) is 15.7. The van der Waals surface area contributed by atoms with Gasteiger partial charge in [0.25, 0.3) is 0 Å². The van der Waals surface area contributed by atoms with E-state index in [4.69, 9.17) is 0 Å². The molecule has 0 aliphatic carbocycles. The van der Waals surface area contributed by atoms with Crippen molar-refractivity contribution in [3.8, 4) is 0 Å². The number of aryl methyl sites for hydroxylation is 2. The van der Waals surface area contributed by atoms with Crippen molar-refractivity contribution in [1.82, 2.24) is 20.0 Å². The highest BCUT2D eigenvalue weighted by molar-refractivity contribution is 9.10. The zero-order valence-corrected chi connectivity index (χ0v) is 13.7. The van der Waals surface area contributed by atoms with Crippen LogP contribution in [0.4, 0.5) is 0 Å². The Labute approximate surface area is 119 Å². The van der Waals surface area contributed by atoms with Crippen LogP contribution in [-0.2, 0) is 19.9 Å². The van der Waals surface area contributed by atoms with E-state index in [1.807, 2.05) is 18.8 Å². The van der Waals surface area contributed by atoms with Gasteiger partial charge in [0.05, 0.1) is 15.9 Å². The Hall–Kier alpha value is -0.390. The van der Waals surface area contributed by atoms with Crippen LogP contribution in [0, 0.1) is 0 Å². The van der Waals surface area contributed by atoms with Crippen molar-refractivity contribution in [2.75, 3.05) is 27.7 Å². The van der Waals surface area contributed by atoms with Crippen LogP contribution in [-0.4, -0.2) is 48.4 Å². The van der Waals surface area contributed by atoms with Gasteiger partial charge >= 0.3 is 0 Å². The molecular formula is C13H25BrN4. The van der Waals surface area contributed by atoms with Crippen LogP contribution in [0.15, 0.2) is 4.47 Å². The third-order valence-corrected chi connectivity index (χ3v) is 4.19. The molecule has 0 amide bonds. The third kappa shape index (κ3) is 4.07. The fraction of sp³-hybridized carbons (Fsp3) is 0.769. The lowest BCUT2D eigenvalue weighted by molar-refractivity contribution is 0.362. The van der Waals surface area contributed by atoms with Crippen LogP contribution in [0.2, 0.25) is 0 Å². The number of nitrogens with zero attached hydrogens (tertiary/aromatic N) is 3. The molecule has 1 rings (SSSR count). The molecule has 0 aliphatic heterocycles. The minimum atomic E-state index is 0.490. The Morgan fingerprint density at radius 1 is 1.44 bits per heavy atom. The molecule has 0 saturated heterocycles. The number of halogens is 1. The molecule has 0 bridgehead atoms. The molecular weight excluding hydrogens is 292 g/mol. The van der Waals surface area contributed by atoms with E-state index in [2.05, 4.69) is 52.3 Å². The smallest absolute Gasteiger partial charge is 0.0766 e. The molecule has 5 heteroatoms. The maximum atomic E-state index is 4.54. The van der Waals surface area contributed by atoms with Crippen molar-refractivity contribution >= 4 is 15.9 Å². The second-order valence-electron chi connectivity index (χ2n) is 4.97. The van der Waals surface area contributed by atoms with E-state index < -0.39 is 0 Å². The number of rotatable bonds is 7. The van der Waals surface area contributed by atoms with Gasteiger partial charge < -0.3 is 10.2 Å². The van der Waals surface area contributed by atoms with E-state index in [9.17, 15) is 0 Å². The molecule has 0 fully saturated rings. The van der Waals surface area contributed by atoms with Gasteiger partial charge in [0.15, 0.2) is 0 Å². The minimum Gasteiger partial charge on any atom is -0.317 e. The molecule has 1 unspecified atom stereocenters. The third-order valence-electron chi connectivity index (χ3n) is 3.28. The second kappa shape index (κ2) is 7.26. The Morgan fingerprint density at radius 2 is 2.11 bits per heavy atom. The summed E-state index contributed by atoms with van der Waals surface area (Å²) < 4.78 is 3.18. The summed E-state index contributed by atoms with van der Waals surface area (Å²) in [5.41, 5.74) is 2.43. The Balaban J connectivity index is 2.72. The molecule has 0 aromatic carbocycles. The Kier molecular flexibility index (Phi) is 6.32. The first-order valence-corrected chi connectivity index (χ1v) is 7.31. The van der Waals surface area contributed by atoms with E-state index in [0.717, 1.165) is 31.5 Å².